The molecule has 234 valence electrons. The van der Waals surface area contributed by atoms with Crippen molar-refractivity contribution in [3.63, 3.8) is 0 Å². The molecule has 6 rings (SSSR count). The highest BCUT2D eigenvalue weighted by Crippen LogP contribution is 2.46. The second kappa shape index (κ2) is 12.4. The quantitative estimate of drug-likeness (QED) is 0.252. The number of nitrogens with one attached hydrogen (secondary N) is 1. The number of benzene rings is 2. The van der Waals surface area contributed by atoms with Crippen molar-refractivity contribution in [1.82, 2.24) is 14.4 Å². The molecule has 0 spiro atoms. The predicted molar refractivity (Wildman–Crippen MR) is 168 cm³/mol. The van der Waals surface area contributed by atoms with Gasteiger partial charge in [0.05, 0.1) is 22.8 Å². The van der Waals surface area contributed by atoms with E-state index in [-0.39, 0.29) is 29.8 Å². The molecule has 13 heteroatoms. The zero-order valence-electron chi connectivity index (χ0n) is 24.5. The number of hydrogen-bond acceptors (Lipinski definition) is 7. The van der Waals surface area contributed by atoms with Crippen molar-refractivity contribution >= 4 is 50.7 Å². The molecule has 1 N–H and O–H groups in total. The SMILES string of the molecule is CN(C)S(=O)(=O)CC(=O)c1cccc(NC(=O)N2C3CCC2CC(OCc2c(-c4c(Cl)cccc4Cl)noc2C2CC2)C3)c1. The fourth-order valence-electron chi connectivity index (χ4n) is 6.18. The van der Waals surface area contributed by atoms with Crippen molar-refractivity contribution in [2.75, 3.05) is 25.2 Å². The molecule has 2 bridgehead atoms. The number of fused-ring (bicyclic) bond motifs is 2. The first-order chi connectivity index (χ1) is 21.0. The van der Waals surface area contributed by atoms with Crippen LogP contribution in [0.25, 0.3) is 11.3 Å². The van der Waals surface area contributed by atoms with Gasteiger partial charge in [0.1, 0.15) is 17.2 Å². The molecule has 2 aliphatic heterocycles. The van der Waals surface area contributed by atoms with E-state index in [0.29, 0.717) is 52.4 Å². The van der Waals surface area contributed by atoms with Gasteiger partial charge in [0.15, 0.2) is 5.78 Å². The van der Waals surface area contributed by atoms with Crippen LogP contribution in [-0.4, -0.2) is 72.6 Å². The molecule has 44 heavy (non-hydrogen) atoms. The van der Waals surface area contributed by atoms with Crippen LogP contribution in [0, 0.1) is 0 Å². The van der Waals surface area contributed by atoms with E-state index >= 15 is 0 Å². The summed E-state index contributed by atoms with van der Waals surface area (Å²) in [5, 5.41) is 8.27. The van der Waals surface area contributed by atoms with E-state index in [4.69, 9.17) is 32.5 Å². The fourth-order valence-corrected chi connectivity index (χ4v) is 7.51. The van der Waals surface area contributed by atoms with Crippen molar-refractivity contribution in [1.29, 1.82) is 0 Å². The maximum Gasteiger partial charge on any atom is 0.322 e. The minimum atomic E-state index is -3.70. The summed E-state index contributed by atoms with van der Waals surface area (Å²) >= 11 is 13.0. The maximum atomic E-state index is 13.4. The number of anilines is 1. The highest BCUT2D eigenvalue weighted by molar-refractivity contribution is 7.89. The third-order valence-electron chi connectivity index (χ3n) is 8.66. The summed E-state index contributed by atoms with van der Waals surface area (Å²) in [6, 6.07) is 11.5. The van der Waals surface area contributed by atoms with Crippen molar-refractivity contribution in [3.8, 4) is 11.3 Å². The van der Waals surface area contributed by atoms with Crippen LogP contribution in [0.3, 0.4) is 0 Å². The van der Waals surface area contributed by atoms with E-state index in [1.807, 2.05) is 4.90 Å². The molecule has 2 amide bonds. The number of rotatable bonds is 10. The lowest BCUT2D eigenvalue weighted by Gasteiger charge is -2.38. The summed E-state index contributed by atoms with van der Waals surface area (Å²) in [5.41, 5.74) is 2.79. The molecule has 2 saturated heterocycles. The largest absolute Gasteiger partial charge is 0.373 e. The Labute approximate surface area is 266 Å². The predicted octanol–water partition coefficient (Wildman–Crippen LogP) is 6.34. The molecule has 3 aliphatic rings. The van der Waals surface area contributed by atoms with E-state index < -0.39 is 21.6 Å². The smallest absolute Gasteiger partial charge is 0.322 e. The van der Waals surface area contributed by atoms with Crippen LogP contribution in [0.5, 0.6) is 0 Å². The molecule has 2 atom stereocenters. The first-order valence-electron chi connectivity index (χ1n) is 14.7. The van der Waals surface area contributed by atoms with E-state index in [1.165, 1.54) is 20.2 Å². The van der Waals surface area contributed by atoms with Gasteiger partial charge in [-0.05, 0) is 62.8 Å². The van der Waals surface area contributed by atoms with Gasteiger partial charge in [0, 0.05) is 54.5 Å². The Bertz CT molecular complexity index is 1660. The number of hydrogen-bond donors (Lipinski definition) is 1. The van der Waals surface area contributed by atoms with Crippen LogP contribution < -0.4 is 5.32 Å². The summed E-state index contributed by atoms with van der Waals surface area (Å²) in [5.74, 6) is -0.0239. The molecule has 1 saturated carbocycles. The van der Waals surface area contributed by atoms with Crippen molar-refractivity contribution in [2.24, 2.45) is 0 Å². The number of ketones is 1. The van der Waals surface area contributed by atoms with Crippen LogP contribution in [0.4, 0.5) is 10.5 Å². The van der Waals surface area contributed by atoms with Gasteiger partial charge < -0.3 is 19.5 Å². The van der Waals surface area contributed by atoms with E-state index in [9.17, 15) is 18.0 Å². The Morgan fingerprint density at radius 2 is 1.70 bits per heavy atom. The van der Waals surface area contributed by atoms with Gasteiger partial charge in [-0.25, -0.2) is 17.5 Å². The highest BCUT2D eigenvalue weighted by Gasteiger charge is 2.44. The van der Waals surface area contributed by atoms with E-state index in [2.05, 4.69) is 10.5 Å². The molecule has 3 heterocycles. The lowest BCUT2D eigenvalue weighted by molar-refractivity contribution is -0.0158. The normalized spacial score (nSPS) is 21.6. The summed E-state index contributed by atoms with van der Waals surface area (Å²) < 4.78 is 37.6. The summed E-state index contributed by atoms with van der Waals surface area (Å²) in [6.45, 7) is 0.312. The number of nitrogens with zero attached hydrogens (tertiary/aromatic N) is 3. The van der Waals surface area contributed by atoms with Gasteiger partial charge in [-0.15, -0.1) is 0 Å². The number of ether oxygens (including phenoxy) is 1. The third-order valence-corrected chi connectivity index (χ3v) is 11.0. The van der Waals surface area contributed by atoms with E-state index in [0.717, 1.165) is 41.3 Å². The number of carbonyl (C=O) groups is 2. The second-order valence-corrected chi connectivity index (χ2v) is 14.9. The number of urea groups is 1. The zero-order valence-corrected chi connectivity index (χ0v) is 26.8. The molecule has 3 fully saturated rings. The van der Waals surface area contributed by atoms with Gasteiger partial charge in [0.25, 0.3) is 0 Å². The van der Waals surface area contributed by atoms with Gasteiger partial charge in [-0.1, -0.05) is 46.6 Å². The zero-order chi connectivity index (χ0) is 31.2. The number of Topliss-reactive ketones (excluding diaryl/α,β-unsaturated/α-hetero) is 1. The molecule has 2 aromatic carbocycles. The van der Waals surface area contributed by atoms with Gasteiger partial charge in [-0.3, -0.25) is 4.79 Å². The topological polar surface area (TPSA) is 122 Å². The average molecular weight is 662 g/mol. The monoisotopic (exact) mass is 660 g/mol. The Hall–Kier alpha value is -2.96. The highest BCUT2D eigenvalue weighted by atomic mass is 35.5. The van der Waals surface area contributed by atoms with Gasteiger partial charge in [-0.2, -0.15) is 0 Å². The minimum Gasteiger partial charge on any atom is -0.373 e. The number of amides is 2. The van der Waals surface area contributed by atoms with Crippen LogP contribution in [0.1, 0.15) is 66.1 Å². The Balaban J connectivity index is 1.11. The summed E-state index contributed by atoms with van der Waals surface area (Å²) in [6.07, 6.45) is 5.17. The number of halogens is 2. The lowest BCUT2D eigenvalue weighted by Crippen LogP contribution is -2.50. The Morgan fingerprint density at radius 1 is 1.05 bits per heavy atom. The number of piperidine rings is 1. The molecule has 0 radical (unpaired) electrons. The van der Waals surface area contributed by atoms with Gasteiger partial charge in [0.2, 0.25) is 10.0 Å². The molecule has 2 unspecified atom stereocenters. The van der Waals surface area contributed by atoms with Crippen LogP contribution in [0.15, 0.2) is 47.0 Å². The first kappa shape index (κ1) is 31.0. The Morgan fingerprint density at radius 3 is 2.34 bits per heavy atom. The molecule has 1 aliphatic carbocycles. The summed E-state index contributed by atoms with van der Waals surface area (Å²) in [4.78, 5) is 27.9. The molecular formula is C31H34Cl2N4O6S. The number of sulfonamides is 1. The fraction of sp³-hybridized carbons (Fsp3) is 0.452. The summed E-state index contributed by atoms with van der Waals surface area (Å²) in [7, 11) is -0.928. The Kier molecular flexibility index (Phi) is 8.78. The van der Waals surface area contributed by atoms with E-state index in [1.54, 1.807) is 36.4 Å². The first-order valence-corrected chi connectivity index (χ1v) is 17.1. The number of carbonyl (C=O) groups excluding carboxylic acids is 2. The molecule has 3 aromatic rings. The third kappa shape index (κ3) is 6.39. The van der Waals surface area contributed by atoms with Crippen molar-refractivity contribution < 1.29 is 27.3 Å². The van der Waals surface area contributed by atoms with Crippen LogP contribution in [0.2, 0.25) is 10.0 Å². The average Bonchev–Trinajstić information content (AvgIpc) is 3.68. The standard InChI is InChI=1S/C31H34Cl2N4O6S/c1-36(2)44(40,41)17-27(38)19-5-3-6-20(13-19)34-31(39)37-21-11-12-22(37)15-23(14-21)42-16-24-29(35-43-30(24)18-9-10-18)28-25(32)7-4-8-26(28)33/h3-8,13,18,21-23H,9-12,14-17H2,1-2H3,(H,34,39). The van der Waals surface area contributed by atoms with Crippen molar-refractivity contribution in [2.45, 2.75) is 69.2 Å². The van der Waals surface area contributed by atoms with Crippen molar-refractivity contribution in [3.05, 3.63) is 69.4 Å². The molecule has 1 aromatic heterocycles. The molecular weight excluding hydrogens is 627 g/mol. The number of aromatic nitrogens is 1. The molecule has 10 nitrogen and oxygen atoms in total. The lowest BCUT2D eigenvalue weighted by atomic mass is 9.99. The maximum absolute atomic E-state index is 13.4. The van der Waals surface area contributed by atoms with Crippen LogP contribution >= 0.6 is 23.2 Å². The minimum absolute atomic E-state index is 0.0108. The second-order valence-electron chi connectivity index (χ2n) is 11.9. The van der Waals surface area contributed by atoms with Crippen LogP contribution in [-0.2, 0) is 21.4 Å². The van der Waals surface area contributed by atoms with Gasteiger partial charge >= 0.3 is 6.03 Å².